The standard InChI is InChI=1S/C7H15Cl.Mg.2H/c1-2-3-4-5-6-7-8;;;/h2-7H2,1H3;;;. The van der Waals surface area contributed by atoms with Crippen molar-refractivity contribution >= 4 is 34.7 Å². The van der Waals surface area contributed by atoms with Crippen molar-refractivity contribution in [2.24, 2.45) is 0 Å². The van der Waals surface area contributed by atoms with E-state index in [9.17, 15) is 0 Å². The molecule has 54 valence electrons. The predicted molar refractivity (Wildman–Crippen MR) is 48.0 cm³/mol. The SMILES string of the molecule is CCCCCCCCl.[MgH2]. The van der Waals surface area contributed by atoms with Crippen molar-refractivity contribution in [3.05, 3.63) is 0 Å². The summed E-state index contributed by atoms with van der Waals surface area (Å²) in [7, 11) is 0. The molecule has 2 heteroatoms. The lowest BCUT2D eigenvalue weighted by Crippen LogP contribution is -1.76. The monoisotopic (exact) mass is 160 g/mol. The van der Waals surface area contributed by atoms with Crippen molar-refractivity contribution in [2.75, 3.05) is 5.88 Å². The van der Waals surface area contributed by atoms with Gasteiger partial charge in [-0.3, -0.25) is 0 Å². The van der Waals surface area contributed by atoms with Gasteiger partial charge in [-0.05, 0) is 6.42 Å². The second-order valence-corrected chi connectivity index (χ2v) is 2.48. The van der Waals surface area contributed by atoms with Crippen molar-refractivity contribution in [1.29, 1.82) is 0 Å². The summed E-state index contributed by atoms with van der Waals surface area (Å²) in [5.41, 5.74) is 0. The fraction of sp³-hybridized carbons (Fsp3) is 1.00. The number of alkyl halides is 1. The normalized spacial score (nSPS) is 8.67. The molecule has 0 rings (SSSR count). The van der Waals surface area contributed by atoms with E-state index in [1.807, 2.05) is 0 Å². The molecule has 0 amide bonds. The summed E-state index contributed by atoms with van der Waals surface area (Å²) < 4.78 is 0. The van der Waals surface area contributed by atoms with E-state index in [4.69, 9.17) is 11.6 Å². The Morgan fingerprint density at radius 2 is 1.56 bits per heavy atom. The van der Waals surface area contributed by atoms with Crippen LogP contribution in [0.4, 0.5) is 0 Å². The number of rotatable bonds is 5. The van der Waals surface area contributed by atoms with Gasteiger partial charge in [-0.25, -0.2) is 0 Å². The third-order valence-corrected chi connectivity index (χ3v) is 1.50. The summed E-state index contributed by atoms with van der Waals surface area (Å²) in [5, 5.41) is 0. The maximum Gasteiger partial charge on any atom is 0.316 e. The molecule has 0 spiro atoms. The van der Waals surface area contributed by atoms with Crippen molar-refractivity contribution in [3.63, 3.8) is 0 Å². The highest BCUT2D eigenvalue weighted by atomic mass is 35.5. The summed E-state index contributed by atoms with van der Waals surface area (Å²) in [6.45, 7) is 2.22. The smallest absolute Gasteiger partial charge is 0.127 e. The maximum absolute atomic E-state index is 5.48. The van der Waals surface area contributed by atoms with Crippen LogP contribution in [0.25, 0.3) is 0 Å². The lowest BCUT2D eigenvalue weighted by Gasteiger charge is -1.93. The van der Waals surface area contributed by atoms with Gasteiger partial charge in [0.25, 0.3) is 0 Å². The van der Waals surface area contributed by atoms with E-state index in [0.717, 1.165) is 5.88 Å². The molecular formula is C7H17ClMg. The molecule has 0 unspecified atom stereocenters. The van der Waals surface area contributed by atoms with Gasteiger partial charge in [-0.15, -0.1) is 11.6 Å². The Balaban J connectivity index is 0. The minimum absolute atomic E-state index is 0. The molecular weight excluding hydrogens is 144 g/mol. The molecule has 0 aromatic rings. The minimum atomic E-state index is 0. The summed E-state index contributed by atoms with van der Waals surface area (Å²) in [4.78, 5) is 0. The molecule has 0 aromatic heterocycles. The number of unbranched alkanes of at least 4 members (excludes halogenated alkanes) is 4. The molecule has 0 bridgehead atoms. The first kappa shape index (κ1) is 12.7. The zero-order valence-electron chi connectivity index (χ0n) is 5.62. The Hall–Kier alpha value is 1.06. The third kappa shape index (κ3) is 12.3. The van der Waals surface area contributed by atoms with Gasteiger partial charge in [0.15, 0.2) is 0 Å². The van der Waals surface area contributed by atoms with Gasteiger partial charge in [-0.2, -0.15) is 0 Å². The quantitative estimate of drug-likeness (QED) is 0.329. The number of hydrogen-bond acceptors (Lipinski definition) is 0. The Bertz CT molecular complexity index is 33.9. The van der Waals surface area contributed by atoms with Gasteiger partial charge in [-0.1, -0.05) is 32.6 Å². The first-order valence-electron chi connectivity index (χ1n) is 3.47. The molecule has 9 heavy (non-hydrogen) atoms. The lowest BCUT2D eigenvalue weighted by atomic mass is 10.2. The van der Waals surface area contributed by atoms with Crippen LogP contribution in [0.3, 0.4) is 0 Å². The fourth-order valence-electron chi connectivity index (χ4n) is 0.698. The maximum atomic E-state index is 5.48. The van der Waals surface area contributed by atoms with Crippen LogP contribution in [-0.2, 0) is 0 Å². The van der Waals surface area contributed by atoms with Crippen LogP contribution in [0.5, 0.6) is 0 Å². The number of halogens is 1. The van der Waals surface area contributed by atoms with Crippen LogP contribution >= 0.6 is 11.6 Å². The van der Waals surface area contributed by atoms with Crippen LogP contribution in [0.1, 0.15) is 39.0 Å². The second kappa shape index (κ2) is 11.8. The van der Waals surface area contributed by atoms with E-state index >= 15 is 0 Å². The molecule has 0 nitrogen and oxygen atoms in total. The molecule has 0 aromatic carbocycles. The number of hydrogen-bond donors (Lipinski definition) is 0. The van der Waals surface area contributed by atoms with Crippen LogP contribution in [-0.4, -0.2) is 28.9 Å². The minimum Gasteiger partial charge on any atom is -0.127 e. The summed E-state index contributed by atoms with van der Waals surface area (Å²) in [6.07, 6.45) is 6.57. The van der Waals surface area contributed by atoms with Gasteiger partial charge < -0.3 is 0 Å². The van der Waals surface area contributed by atoms with E-state index in [1.54, 1.807) is 0 Å². The summed E-state index contributed by atoms with van der Waals surface area (Å²) in [6, 6.07) is 0. The van der Waals surface area contributed by atoms with E-state index in [2.05, 4.69) is 6.92 Å². The highest BCUT2D eigenvalue weighted by molar-refractivity contribution is 6.17. The molecule has 0 radical (unpaired) electrons. The average Bonchev–Trinajstić information content (AvgIpc) is 1.81. The van der Waals surface area contributed by atoms with Crippen molar-refractivity contribution in [2.45, 2.75) is 39.0 Å². The van der Waals surface area contributed by atoms with Crippen LogP contribution < -0.4 is 0 Å². The summed E-state index contributed by atoms with van der Waals surface area (Å²) in [5.74, 6) is 0.837. The van der Waals surface area contributed by atoms with E-state index < -0.39 is 0 Å². The zero-order valence-corrected chi connectivity index (χ0v) is 6.38. The molecule has 0 aliphatic heterocycles. The van der Waals surface area contributed by atoms with Crippen LogP contribution in [0, 0.1) is 0 Å². The van der Waals surface area contributed by atoms with Crippen molar-refractivity contribution < 1.29 is 0 Å². The topological polar surface area (TPSA) is 0 Å². The average molecular weight is 161 g/mol. The lowest BCUT2D eigenvalue weighted by molar-refractivity contribution is 0.658. The van der Waals surface area contributed by atoms with Crippen molar-refractivity contribution in [3.8, 4) is 0 Å². The van der Waals surface area contributed by atoms with Crippen LogP contribution in [0.2, 0.25) is 0 Å². The van der Waals surface area contributed by atoms with E-state index in [0.29, 0.717) is 0 Å². The van der Waals surface area contributed by atoms with Gasteiger partial charge in [0.1, 0.15) is 0 Å². The predicted octanol–water partition coefficient (Wildman–Crippen LogP) is 2.28. The molecule has 0 fully saturated rings. The van der Waals surface area contributed by atoms with Gasteiger partial charge in [0.05, 0.1) is 0 Å². The van der Waals surface area contributed by atoms with Gasteiger partial charge in [0.2, 0.25) is 0 Å². The Morgan fingerprint density at radius 1 is 1.00 bits per heavy atom. The van der Waals surface area contributed by atoms with Gasteiger partial charge >= 0.3 is 23.1 Å². The summed E-state index contributed by atoms with van der Waals surface area (Å²) >= 11 is 5.48. The third-order valence-electron chi connectivity index (χ3n) is 1.24. The Kier molecular flexibility index (Phi) is 16.7. The largest absolute Gasteiger partial charge is 0.316 e. The Morgan fingerprint density at radius 3 is 2.00 bits per heavy atom. The molecule has 0 saturated carbocycles. The molecule has 0 heterocycles. The molecule has 0 aliphatic carbocycles. The Labute approximate surface area is 79.5 Å². The zero-order chi connectivity index (χ0) is 6.24. The second-order valence-electron chi connectivity index (χ2n) is 2.10. The molecule has 0 N–H and O–H groups in total. The van der Waals surface area contributed by atoms with E-state index in [1.165, 1.54) is 32.1 Å². The highest BCUT2D eigenvalue weighted by Gasteiger charge is 1.84. The molecule has 0 saturated heterocycles. The van der Waals surface area contributed by atoms with Crippen LogP contribution in [0.15, 0.2) is 0 Å². The first-order valence-corrected chi connectivity index (χ1v) is 4.01. The highest BCUT2D eigenvalue weighted by Crippen LogP contribution is 2.02. The van der Waals surface area contributed by atoms with Crippen molar-refractivity contribution in [1.82, 2.24) is 0 Å². The van der Waals surface area contributed by atoms with E-state index in [-0.39, 0.29) is 23.1 Å². The van der Waals surface area contributed by atoms with Gasteiger partial charge in [0, 0.05) is 5.88 Å². The molecule has 0 aliphatic rings. The molecule has 0 atom stereocenters. The first-order chi connectivity index (χ1) is 3.91. The fourth-order valence-corrected chi connectivity index (χ4v) is 0.887.